The second-order valence-electron chi connectivity index (χ2n) is 15.0. The van der Waals surface area contributed by atoms with Gasteiger partial charge in [0.05, 0.1) is 12.0 Å². The monoisotopic (exact) mass is 632 g/mol. The lowest BCUT2D eigenvalue weighted by atomic mass is 10.0. The van der Waals surface area contributed by atoms with Crippen LogP contribution in [-0.2, 0) is 0 Å². The third kappa shape index (κ3) is 36.1. The highest BCUT2D eigenvalue weighted by atomic mass is 15.1. The Morgan fingerprint density at radius 3 is 0.756 bits per heavy atom. The van der Waals surface area contributed by atoms with Gasteiger partial charge in [-0.25, -0.2) is 0 Å². The van der Waals surface area contributed by atoms with Crippen LogP contribution in [0.1, 0.15) is 219 Å². The average molecular weight is 632 g/mol. The van der Waals surface area contributed by atoms with Crippen LogP contribution < -0.4 is 0 Å². The first-order valence-electron chi connectivity index (χ1n) is 20.9. The molecule has 0 aliphatic carbocycles. The molecule has 0 saturated heterocycles. The van der Waals surface area contributed by atoms with E-state index in [-0.39, 0.29) is 5.92 Å². The molecule has 3 nitrogen and oxygen atoms in total. The number of nitriles is 1. The van der Waals surface area contributed by atoms with E-state index in [1.165, 1.54) is 205 Å². The summed E-state index contributed by atoms with van der Waals surface area (Å²) in [5, 5.41) is 9.75. The van der Waals surface area contributed by atoms with Crippen LogP contribution in [0.3, 0.4) is 0 Å². The Labute approximate surface area is 286 Å². The molecule has 45 heavy (non-hydrogen) atoms. The van der Waals surface area contributed by atoms with Crippen LogP contribution in [0.25, 0.3) is 0 Å². The largest absolute Gasteiger partial charge is 0.305 e. The van der Waals surface area contributed by atoms with Gasteiger partial charge in [0, 0.05) is 13.1 Å². The molecule has 0 radical (unpaired) electrons. The maximum absolute atomic E-state index is 9.75. The van der Waals surface area contributed by atoms with Crippen molar-refractivity contribution in [3.05, 3.63) is 0 Å². The summed E-state index contributed by atoms with van der Waals surface area (Å²) >= 11 is 0. The molecule has 0 amide bonds. The Bertz CT molecular complexity index is 541. The highest BCUT2D eigenvalue weighted by Crippen LogP contribution is 2.15. The summed E-state index contributed by atoms with van der Waals surface area (Å²) in [5.74, 6) is 0.127. The van der Waals surface area contributed by atoms with Crippen LogP contribution in [0, 0.1) is 17.2 Å². The summed E-state index contributed by atoms with van der Waals surface area (Å²) in [6.45, 7) is 8.71. The first kappa shape index (κ1) is 44.4. The second kappa shape index (κ2) is 37.9. The van der Waals surface area contributed by atoms with E-state index < -0.39 is 0 Å². The van der Waals surface area contributed by atoms with E-state index in [0.717, 1.165) is 26.2 Å². The summed E-state index contributed by atoms with van der Waals surface area (Å²) in [4.78, 5) is 4.81. The standard InChI is InChI=1S/C42H85N3/c1-5-7-9-11-13-15-17-19-21-23-25-27-29-31-33-35-37-44(3)40-42(39-43)41-45(4)38-36-34-32-30-28-26-24-22-20-18-16-14-12-10-8-6-2/h42H,5-38,40-41H2,1-4H3. The van der Waals surface area contributed by atoms with E-state index in [4.69, 9.17) is 0 Å². The lowest BCUT2D eigenvalue weighted by Crippen LogP contribution is -2.34. The smallest absolute Gasteiger partial charge is 0.0717 e. The Morgan fingerprint density at radius 1 is 0.356 bits per heavy atom. The number of rotatable bonds is 38. The van der Waals surface area contributed by atoms with Crippen LogP contribution in [0.4, 0.5) is 0 Å². The van der Waals surface area contributed by atoms with E-state index >= 15 is 0 Å². The second-order valence-corrected chi connectivity index (χ2v) is 15.0. The number of unbranched alkanes of at least 4 members (excludes halogenated alkanes) is 30. The average Bonchev–Trinajstić information content (AvgIpc) is 3.04. The number of hydrogen-bond acceptors (Lipinski definition) is 3. The molecule has 0 aromatic carbocycles. The number of nitrogens with zero attached hydrogens (tertiary/aromatic N) is 3. The molecule has 0 spiro atoms. The quantitative estimate of drug-likeness (QED) is 0.0635. The first-order chi connectivity index (χ1) is 22.1. The Morgan fingerprint density at radius 2 is 0.556 bits per heavy atom. The maximum atomic E-state index is 9.75. The Hall–Kier alpha value is -0.590. The molecular weight excluding hydrogens is 546 g/mol. The lowest BCUT2D eigenvalue weighted by Gasteiger charge is -2.24. The number of hydrogen-bond donors (Lipinski definition) is 0. The Kier molecular flexibility index (Phi) is 37.4. The van der Waals surface area contributed by atoms with Crippen molar-refractivity contribution in [2.45, 2.75) is 219 Å². The topological polar surface area (TPSA) is 30.3 Å². The van der Waals surface area contributed by atoms with Crippen molar-refractivity contribution in [2.24, 2.45) is 5.92 Å². The molecular formula is C42H85N3. The predicted octanol–water partition coefficient (Wildman–Crippen LogP) is 13.5. The summed E-state index contributed by atoms with van der Waals surface area (Å²) in [5.41, 5.74) is 0. The van der Waals surface area contributed by atoms with Gasteiger partial charge in [0.2, 0.25) is 0 Å². The third-order valence-corrected chi connectivity index (χ3v) is 10.0. The molecule has 0 bridgehead atoms. The molecule has 0 aromatic rings. The zero-order valence-electron chi connectivity index (χ0n) is 31.9. The van der Waals surface area contributed by atoms with Gasteiger partial charge in [0.15, 0.2) is 0 Å². The van der Waals surface area contributed by atoms with Gasteiger partial charge in [-0.15, -0.1) is 0 Å². The maximum Gasteiger partial charge on any atom is 0.0717 e. The van der Waals surface area contributed by atoms with Gasteiger partial charge in [-0.1, -0.05) is 206 Å². The SMILES string of the molecule is CCCCCCCCCCCCCCCCCCN(C)CC(C#N)CN(C)CCCCCCCCCCCCCCCCCC. The van der Waals surface area contributed by atoms with Crippen molar-refractivity contribution in [1.82, 2.24) is 9.80 Å². The van der Waals surface area contributed by atoms with Gasteiger partial charge in [0.25, 0.3) is 0 Å². The summed E-state index contributed by atoms with van der Waals surface area (Å²) in [6, 6.07) is 2.59. The van der Waals surface area contributed by atoms with Crippen molar-refractivity contribution in [3.8, 4) is 6.07 Å². The summed E-state index contributed by atoms with van der Waals surface area (Å²) in [6.07, 6.45) is 45.4. The van der Waals surface area contributed by atoms with E-state index in [0.29, 0.717) is 0 Å². The summed E-state index contributed by atoms with van der Waals surface area (Å²) in [7, 11) is 4.43. The molecule has 0 saturated carbocycles. The molecule has 0 aliphatic rings. The van der Waals surface area contributed by atoms with Crippen molar-refractivity contribution >= 4 is 0 Å². The molecule has 0 aliphatic heterocycles. The van der Waals surface area contributed by atoms with Crippen LogP contribution in [-0.4, -0.2) is 50.1 Å². The van der Waals surface area contributed by atoms with Crippen molar-refractivity contribution in [3.63, 3.8) is 0 Å². The molecule has 3 heteroatoms. The van der Waals surface area contributed by atoms with Crippen LogP contribution in [0.2, 0.25) is 0 Å². The van der Waals surface area contributed by atoms with E-state index in [1.807, 2.05) is 0 Å². The van der Waals surface area contributed by atoms with Crippen molar-refractivity contribution in [2.75, 3.05) is 40.3 Å². The summed E-state index contributed by atoms with van der Waals surface area (Å²) < 4.78 is 0. The molecule has 0 fully saturated rings. The predicted molar refractivity (Wildman–Crippen MR) is 203 cm³/mol. The van der Waals surface area contributed by atoms with Crippen LogP contribution in [0.15, 0.2) is 0 Å². The zero-order valence-corrected chi connectivity index (χ0v) is 31.9. The van der Waals surface area contributed by atoms with Gasteiger partial charge in [-0.05, 0) is 40.0 Å². The minimum absolute atomic E-state index is 0.127. The minimum atomic E-state index is 0.127. The zero-order chi connectivity index (χ0) is 32.9. The van der Waals surface area contributed by atoms with Gasteiger partial charge in [0.1, 0.15) is 0 Å². The molecule has 0 aromatic heterocycles. The third-order valence-electron chi connectivity index (χ3n) is 10.0. The lowest BCUT2D eigenvalue weighted by molar-refractivity contribution is 0.238. The van der Waals surface area contributed by atoms with Crippen LogP contribution in [0.5, 0.6) is 0 Å². The van der Waals surface area contributed by atoms with Crippen molar-refractivity contribution < 1.29 is 0 Å². The molecule has 0 rings (SSSR count). The van der Waals surface area contributed by atoms with Crippen LogP contribution >= 0.6 is 0 Å². The van der Waals surface area contributed by atoms with Gasteiger partial charge in [-0.2, -0.15) is 5.26 Å². The fourth-order valence-corrected chi connectivity index (χ4v) is 6.93. The highest BCUT2D eigenvalue weighted by Gasteiger charge is 2.13. The molecule has 0 heterocycles. The van der Waals surface area contributed by atoms with E-state index in [1.54, 1.807) is 0 Å². The molecule has 0 N–H and O–H groups in total. The fraction of sp³-hybridized carbons (Fsp3) is 0.976. The van der Waals surface area contributed by atoms with E-state index in [2.05, 4.69) is 43.8 Å². The van der Waals surface area contributed by atoms with Gasteiger partial charge >= 0.3 is 0 Å². The molecule has 268 valence electrons. The Balaban J connectivity index is 3.49. The molecule has 0 atom stereocenters. The normalized spacial score (nSPS) is 11.8. The highest BCUT2D eigenvalue weighted by molar-refractivity contribution is 4.86. The molecule has 0 unspecified atom stereocenters. The minimum Gasteiger partial charge on any atom is -0.305 e. The van der Waals surface area contributed by atoms with Gasteiger partial charge in [-0.3, -0.25) is 0 Å². The first-order valence-corrected chi connectivity index (χ1v) is 20.9. The fourth-order valence-electron chi connectivity index (χ4n) is 6.93. The van der Waals surface area contributed by atoms with Crippen molar-refractivity contribution in [1.29, 1.82) is 5.26 Å². The van der Waals surface area contributed by atoms with Gasteiger partial charge < -0.3 is 9.80 Å². The van der Waals surface area contributed by atoms with E-state index in [9.17, 15) is 5.26 Å².